The molecule has 2 saturated heterocycles. The number of hydrogen-bond acceptors (Lipinski definition) is 6. The number of nitrogens with zero attached hydrogens (tertiary/aromatic N) is 3. The van der Waals surface area contributed by atoms with Gasteiger partial charge in [0.1, 0.15) is 0 Å². The van der Waals surface area contributed by atoms with Crippen LogP contribution in [0.3, 0.4) is 0 Å². The van der Waals surface area contributed by atoms with E-state index in [-0.39, 0.29) is 29.2 Å². The zero-order valence-corrected chi connectivity index (χ0v) is 18.8. The van der Waals surface area contributed by atoms with Gasteiger partial charge in [0.15, 0.2) is 5.78 Å². The SMILES string of the molecule is CC(=O)c1ccc(S(=O)(=O)NCC(=O)N(C)C2CCN(C3CCN(C)CC3)C2)cc1. The first-order valence-corrected chi connectivity index (χ1v) is 11.9. The van der Waals surface area contributed by atoms with Crippen molar-refractivity contribution in [1.29, 1.82) is 0 Å². The molecule has 3 rings (SSSR count). The minimum Gasteiger partial charge on any atom is -0.340 e. The fourth-order valence-corrected chi connectivity index (χ4v) is 5.19. The first-order valence-electron chi connectivity index (χ1n) is 10.5. The van der Waals surface area contributed by atoms with Gasteiger partial charge in [-0.3, -0.25) is 14.5 Å². The van der Waals surface area contributed by atoms with E-state index in [1.165, 1.54) is 31.2 Å². The molecule has 8 nitrogen and oxygen atoms in total. The molecule has 0 aliphatic carbocycles. The Hall–Kier alpha value is -1.81. The van der Waals surface area contributed by atoms with E-state index in [1.54, 1.807) is 11.9 Å². The van der Waals surface area contributed by atoms with Crippen molar-refractivity contribution in [2.75, 3.05) is 46.8 Å². The maximum Gasteiger partial charge on any atom is 0.241 e. The van der Waals surface area contributed by atoms with Crippen LogP contribution in [0.4, 0.5) is 0 Å². The minimum atomic E-state index is -3.81. The van der Waals surface area contributed by atoms with E-state index in [2.05, 4.69) is 21.6 Å². The zero-order valence-electron chi connectivity index (χ0n) is 18.0. The maximum absolute atomic E-state index is 12.6. The molecular weight excluding hydrogens is 404 g/mol. The summed E-state index contributed by atoms with van der Waals surface area (Å²) in [5.74, 6) is -0.372. The van der Waals surface area contributed by atoms with E-state index < -0.39 is 10.0 Å². The van der Waals surface area contributed by atoms with Crippen LogP contribution in [-0.2, 0) is 14.8 Å². The summed E-state index contributed by atoms with van der Waals surface area (Å²) in [6, 6.07) is 6.39. The standard InChI is InChI=1S/C21H32N4O4S/c1-16(26)17-4-6-20(7-5-17)30(28,29)22-14-21(27)24(3)19-10-13-25(15-19)18-8-11-23(2)12-9-18/h4-7,18-19,22H,8-15H2,1-3H3. The van der Waals surface area contributed by atoms with Gasteiger partial charge in [-0.15, -0.1) is 0 Å². The molecule has 0 aromatic heterocycles. The number of amides is 1. The third kappa shape index (κ3) is 5.46. The van der Waals surface area contributed by atoms with Gasteiger partial charge in [-0.25, -0.2) is 13.1 Å². The number of Topliss-reactive ketones (excluding diaryl/α,β-unsaturated/α-hetero) is 1. The molecule has 0 saturated carbocycles. The second kappa shape index (κ2) is 9.55. The van der Waals surface area contributed by atoms with E-state index in [4.69, 9.17) is 0 Å². The summed E-state index contributed by atoms with van der Waals surface area (Å²) in [4.78, 5) is 30.5. The molecule has 0 radical (unpaired) electrons. The summed E-state index contributed by atoms with van der Waals surface area (Å²) in [5, 5.41) is 0. The van der Waals surface area contributed by atoms with Crippen LogP contribution in [0.5, 0.6) is 0 Å². The molecule has 0 spiro atoms. The number of piperidine rings is 1. The van der Waals surface area contributed by atoms with Crippen LogP contribution in [0.15, 0.2) is 29.2 Å². The molecular formula is C21H32N4O4S. The van der Waals surface area contributed by atoms with Gasteiger partial charge in [0.2, 0.25) is 15.9 Å². The van der Waals surface area contributed by atoms with Crippen LogP contribution >= 0.6 is 0 Å². The van der Waals surface area contributed by atoms with Gasteiger partial charge < -0.3 is 9.80 Å². The third-order valence-electron chi connectivity index (χ3n) is 6.32. The van der Waals surface area contributed by atoms with Gasteiger partial charge in [-0.05, 0) is 58.5 Å². The highest BCUT2D eigenvalue weighted by atomic mass is 32.2. The Labute approximate surface area is 179 Å². The molecule has 9 heteroatoms. The van der Waals surface area contributed by atoms with Crippen molar-refractivity contribution in [3.63, 3.8) is 0 Å². The number of likely N-dealkylation sites (N-methyl/N-ethyl adjacent to an activating group) is 1. The van der Waals surface area contributed by atoms with Gasteiger partial charge in [0, 0.05) is 37.8 Å². The number of benzene rings is 1. The lowest BCUT2D eigenvalue weighted by atomic mass is 10.0. The van der Waals surface area contributed by atoms with Crippen molar-refractivity contribution < 1.29 is 18.0 Å². The van der Waals surface area contributed by atoms with Crippen molar-refractivity contribution in [2.45, 2.75) is 43.2 Å². The summed E-state index contributed by atoms with van der Waals surface area (Å²) in [6.45, 7) is 5.18. The molecule has 1 atom stereocenters. The van der Waals surface area contributed by atoms with E-state index in [9.17, 15) is 18.0 Å². The van der Waals surface area contributed by atoms with Crippen LogP contribution in [-0.4, -0.2) is 93.7 Å². The minimum absolute atomic E-state index is 0.0391. The highest BCUT2D eigenvalue weighted by molar-refractivity contribution is 7.89. The second-order valence-electron chi connectivity index (χ2n) is 8.38. The Morgan fingerprint density at radius 1 is 1.10 bits per heavy atom. The summed E-state index contributed by atoms with van der Waals surface area (Å²) < 4.78 is 27.3. The molecule has 1 aromatic carbocycles. The summed E-state index contributed by atoms with van der Waals surface area (Å²) in [7, 11) is 0.0863. The number of hydrogen-bond donors (Lipinski definition) is 1. The summed E-state index contributed by atoms with van der Waals surface area (Å²) >= 11 is 0. The molecule has 2 aliphatic heterocycles. The van der Waals surface area contributed by atoms with Crippen molar-refractivity contribution >= 4 is 21.7 Å². The molecule has 1 unspecified atom stereocenters. The number of likely N-dealkylation sites (tertiary alicyclic amines) is 2. The van der Waals surface area contributed by atoms with E-state index in [0.717, 1.165) is 45.4 Å². The highest BCUT2D eigenvalue weighted by Crippen LogP contribution is 2.23. The Morgan fingerprint density at radius 2 is 1.73 bits per heavy atom. The molecule has 1 N–H and O–H groups in total. The predicted octanol–water partition coefficient (Wildman–Crippen LogP) is 0.794. The van der Waals surface area contributed by atoms with Gasteiger partial charge >= 0.3 is 0 Å². The predicted molar refractivity (Wildman–Crippen MR) is 115 cm³/mol. The summed E-state index contributed by atoms with van der Waals surface area (Å²) in [6.07, 6.45) is 3.22. The lowest BCUT2D eigenvalue weighted by Crippen LogP contribution is -2.46. The Kier molecular flexibility index (Phi) is 7.28. The smallest absolute Gasteiger partial charge is 0.241 e. The molecule has 1 aromatic rings. The van der Waals surface area contributed by atoms with Gasteiger partial charge in [0.25, 0.3) is 0 Å². The highest BCUT2D eigenvalue weighted by Gasteiger charge is 2.33. The maximum atomic E-state index is 12.6. The number of carbonyl (C=O) groups is 2. The first kappa shape index (κ1) is 22.9. The Bertz CT molecular complexity index is 863. The van der Waals surface area contributed by atoms with Crippen LogP contribution in [0.25, 0.3) is 0 Å². The molecule has 30 heavy (non-hydrogen) atoms. The molecule has 166 valence electrons. The number of sulfonamides is 1. The van der Waals surface area contributed by atoms with Gasteiger partial charge in [0.05, 0.1) is 11.4 Å². The monoisotopic (exact) mass is 436 g/mol. The van der Waals surface area contributed by atoms with Crippen LogP contribution in [0, 0.1) is 0 Å². The largest absolute Gasteiger partial charge is 0.340 e. The van der Waals surface area contributed by atoms with Gasteiger partial charge in [-0.1, -0.05) is 12.1 Å². The quantitative estimate of drug-likeness (QED) is 0.636. The topological polar surface area (TPSA) is 90.0 Å². The fourth-order valence-electron chi connectivity index (χ4n) is 4.21. The third-order valence-corrected chi connectivity index (χ3v) is 7.74. The molecule has 2 aliphatic rings. The lowest BCUT2D eigenvalue weighted by molar-refractivity contribution is -0.130. The van der Waals surface area contributed by atoms with Gasteiger partial charge in [-0.2, -0.15) is 0 Å². The van der Waals surface area contributed by atoms with E-state index in [1.807, 2.05) is 0 Å². The molecule has 1 amide bonds. The van der Waals surface area contributed by atoms with E-state index in [0.29, 0.717) is 11.6 Å². The molecule has 2 fully saturated rings. The second-order valence-corrected chi connectivity index (χ2v) is 10.1. The van der Waals surface area contributed by atoms with Crippen LogP contribution in [0.2, 0.25) is 0 Å². The van der Waals surface area contributed by atoms with Crippen molar-refractivity contribution in [3.8, 4) is 0 Å². The Balaban J connectivity index is 1.51. The number of ketones is 1. The summed E-state index contributed by atoms with van der Waals surface area (Å²) in [5.41, 5.74) is 0.445. The number of rotatable bonds is 7. The molecule has 0 bridgehead atoms. The zero-order chi connectivity index (χ0) is 21.9. The average Bonchev–Trinajstić information content (AvgIpc) is 3.22. The van der Waals surface area contributed by atoms with Crippen LogP contribution < -0.4 is 4.72 Å². The van der Waals surface area contributed by atoms with Crippen molar-refractivity contribution in [3.05, 3.63) is 29.8 Å². The normalized spacial score (nSPS) is 21.6. The molecule has 2 heterocycles. The Morgan fingerprint density at radius 3 is 2.33 bits per heavy atom. The lowest BCUT2D eigenvalue weighted by Gasteiger charge is -2.35. The van der Waals surface area contributed by atoms with Crippen LogP contribution in [0.1, 0.15) is 36.5 Å². The number of carbonyl (C=O) groups excluding carboxylic acids is 2. The van der Waals surface area contributed by atoms with Crippen molar-refractivity contribution in [1.82, 2.24) is 19.4 Å². The van der Waals surface area contributed by atoms with E-state index >= 15 is 0 Å². The first-order chi connectivity index (χ1) is 14.2. The van der Waals surface area contributed by atoms with Crippen molar-refractivity contribution in [2.24, 2.45) is 0 Å². The number of nitrogens with one attached hydrogen (secondary N) is 1. The average molecular weight is 437 g/mol. The fraction of sp³-hybridized carbons (Fsp3) is 0.619.